The Morgan fingerprint density at radius 2 is 2.00 bits per heavy atom. The minimum atomic E-state index is -0.201. The minimum Gasteiger partial charge on any atom is -0.391 e. The van der Waals surface area contributed by atoms with Gasteiger partial charge in [-0.2, -0.15) is 5.26 Å². The Balaban J connectivity index is 1.49. The first-order chi connectivity index (χ1) is 11.7. The minimum absolute atomic E-state index is 0.145. The van der Waals surface area contributed by atoms with E-state index in [1.165, 1.54) is 12.6 Å². The van der Waals surface area contributed by atoms with Crippen molar-refractivity contribution in [1.29, 1.82) is 5.26 Å². The summed E-state index contributed by atoms with van der Waals surface area (Å²) in [6, 6.07) is 5.62. The average Bonchev–Trinajstić information content (AvgIpc) is 2.63. The van der Waals surface area contributed by atoms with E-state index in [1.807, 2.05) is 6.07 Å². The lowest BCUT2D eigenvalue weighted by atomic mass is 9.89. The van der Waals surface area contributed by atoms with Crippen LogP contribution in [0.5, 0.6) is 0 Å². The maximum absolute atomic E-state index is 12.2. The van der Waals surface area contributed by atoms with Crippen LogP contribution < -0.4 is 5.32 Å². The largest absolute Gasteiger partial charge is 0.391 e. The summed E-state index contributed by atoms with van der Waals surface area (Å²) in [6.45, 7) is 1.82. The van der Waals surface area contributed by atoms with Crippen LogP contribution in [0.1, 0.15) is 54.6 Å². The van der Waals surface area contributed by atoms with E-state index in [0.29, 0.717) is 11.3 Å². The number of hydrogen-bond acceptors (Lipinski definition) is 5. The summed E-state index contributed by atoms with van der Waals surface area (Å²) in [6.07, 6.45) is 7.31. The predicted molar refractivity (Wildman–Crippen MR) is 89.3 cm³/mol. The molecule has 2 unspecified atom stereocenters. The molecule has 2 aliphatic rings. The number of rotatable bonds is 3. The van der Waals surface area contributed by atoms with E-state index in [0.717, 1.165) is 45.2 Å². The molecule has 2 heterocycles. The highest BCUT2D eigenvalue weighted by Gasteiger charge is 2.31. The van der Waals surface area contributed by atoms with Crippen LogP contribution in [0, 0.1) is 11.3 Å². The van der Waals surface area contributed by atoms with E-state index in [9.17, 15) is 9.90 Å². The number of carbonyl (C=O) groups excluding carboxylic acids is 1. The third-order valence-corrected chi connectivity index (χ3v) is 5.15. The first-order valence-corrected chi connectivity index (χ1v) is 8.76. The standard InChI is InChI=1S/C18H24N4O2/c19-11-13-5-6-15(20-12-13)18(24)21-14-7-9-22(10-8-14)16-3-1-2-4-17(16)23/h5-6,12,14,16-17,23H,1-4,7-10H2,(H,21,24). The van der Waals surface area contributed by atoms with Gasteiger partial charge < -0.3 is 10.4 Å². The van der Waals surface area contributed by atoms with Crippen molar-refractivity contribution in [2.24, 2.45) is 0 Å². The van der Waals surface area contributed by atoms with Crippen molar-refractivity contribution in [3.8, 4) is 6.07 Å². The first kappa shape index (κ1) is 16.9. The number of nitrogens with zero attached hydrogens (tertiary/aromatic N) is 3. The molecule has 128 valence electrons. The van der Waals surface area contributed by atoms with E-state index in [4.69, 9.17) is 5.26 Å². The number of pyridine rings is 1. The maximum Gasteiger partial charge on any atom is 0.270 e. The van der Waals surface area contributed by atoms with Gasteiger partial charge in [-0.05, 0) is 37.8 Å². The molecule has 2 fully saturated rings. The molecule has 1 aliphatic carbocycles. The Morgan fingerprint density at radius 1 is 1.25 bits per heavy atom. The number of aromatic nitrogens is 1. The van der Waals surface area contributed by atoms with Crippen LogP contribution in [0.2, 0.25) is 0 Å². The summed E-state index contributed by atoms with van der Waals surface area (Å²) >= 11 is 0. The normalized spacial score (nSPS) is 25.8. The summed E-state index contributed by atoms with van der Waals surface area (Å²) in [5.74, 6) is -0.185. The number of nitriles is 1. The van der Waals surface area contributed by atoms with E-state index >= 15 is 0 Å². The molecule has 1 saturated heterocycles. The van der Waals surface area contributed by atoms with Gasteiger partial charge in [0.1, 0.15) is 11.8 Å². The Hall–Kier alpha value is -1.97. The van der Waals surface area contributed by atoms with Gasteiger partial charge in [-0.15, -0.1) is 0 Å². The van der Waals surface area contributed by atoms with Crippen molar-refractivity contribution in [2.75, 3.05) is 13.1 Å². The molecule has 3 rings (SSSR count). The first-order valence-electron chi connectivity index (χ1n) is 8.76. The van der Waals surface area contributed by atoms with E-state index in [2.05, 4.69) is 15.2 Å². The number of hydrogen-bond donors (Lipinski definition) is 2. The lowest BCUT2D eigenvalue weighted by Gasteiger charge is -2.41. The lowest BCUT2D eigenvalue weighted by molar-refractivity contribution is 0.00726. The predicted octanol–water partition coefficient (Wildman–Crippen LogP) is 1.45. The summed E-state index contributed by atoms with van der Waals surface area (Å²) in [7, 11) is 0. The van der Waals surface area contributed by atoms with Crippen LogP contribution in [-0.4, -0.2) is 52.2 Å². The number of piperidine rings is 1. The molecule has 1 aromatic heterocycles. The van der Waals surface area contributed by atoms with Gasteiger partial charge in [-0.1, -0.05) is 12.8 Å². The van der Waals surface area contributed by atoms with Gasteiger partial charge in [0.05, 0.1) is 11.7 Å². The summed E-state index contributed by atoms with van der Waals surface area (Å²) in [4.78, 5) is 18.7. The highest BCUT2D eigenvalue weighted by molar-refractivity contribution is 5.92. The highest BCUT2D eigenvalue weighted by Crippen LogP contribution is 2.25. The fraction of sp³-hybridized carbons (Fsp3) is 0.611. The highest BCUT2D eigenvalue weighted by atomic mass is 16.3. The fourth-order valence-corrected chi connectivity index (χ4v) is 3.75. The van der Waals surface area contributed by atoms with Crippen LogP contribution in [0.15, 0.2) is 18.3 Å². The van der Waals surface area contributed by atoms with E-state index in [-0.39, 0.29) is 24.1 Å². The monoisotopic (exact) mass is 328 g/mol. The number of aliphatic hydroxyl groups is 1. The zero-order valence-electron chi connectivity index (χ0n) is 13.8. The van der Waals surface area contributed by atoms with E-state index < -0.39 is 0 Å². The van der Waals surface area contributed by atoms with Crippen LogP contribution >= 0.6 is 0 Å². The van der Waals surface area contributed by atoms with E-state index in [1.54, 1.807) is 12.1 Å². The molecule has 0 radical (unpaired) electrons. The third kappa shape index (κ3) is 3.92. The molecule has 0 aromatic carbocycles. The van der Waals surface area contributed by atoms with Gasteiger partial charge >= 0.3 is 0 Å². The summed E-state index contributed by atoms with van der Waals surface area (Å²) < 4.78 is 0. The quantitative estimate of drug-likeness (QED) is 0.876. The van der Waals surface area contributed by atoms with Crippen LogP contribution in [0.3, 0.4) is 0 Å². The molecule has 1 aliphatic heterocycles. The van der Waals surface area contributed by atoms with Crippen molar-refractivity contribution in [2.45, 2.75) is 56.7 Å². The smallest absolute Gasteiger partial charge is 0.270 e. The number of nitrogens with one attached hydrogen (secondary N) is 1. The van der Waals surface area contributed by atoms with Gasteiger partial charge in [0, 0.05) is 31.4 Å². The van der Waals surface area contributed by atoms with Crippen molar-refractivity contribution in [3.05, 3.63) is 29.6 Å². The lowest BCUT2D eigenvalue weighted by Crippen LogP contribution is -2.52. The second kappa shape index (κ2) is 7.73. The van der Waals surface area contributed by atoms with Crippen LogP contribution in [-0.2, 0) is 0 Å². The fourth-order valence-electron chi connectivity index (χ4n) is 3.75. The number of carbonyl (C=O) groups is 1. The van der Waals surface area contributed by atoms with Gasteiger partial charge in [0.25, 0.3) is 5.91 Å². The van der Waals surface area contributed by atoms with Crippen LogP contribution in [0.25, 0.3) is 0 Å². The van der Waals surface area contributed by atoms with Gasteiger partial charge in [0.15, 0.2) is 0 Å². The Kier molecular flexibility index (Phi) is 5.44. The molecule has 1 saturated carbocycles. The molecule has 2 atom stereocenters. The molecule has 6 nitrogen and oxygen atoms in total. The van der Waals surface area contributed by atoms with Crippen molar-refractivity contribution in [3.63, 3.8) is 0 Å². The zero-order chi connectivity index (χ0) is 16.9. The van der Waals surface area contributed by atoms with Crippen molar-refractivity contribution in [1.82, 2.24) is 15.2 Å². The molecule has 0 spiro atoms. The number of likely N-dealkylation sites (tertiary alicyclic amines) is 1. The average molecular weight is 328 g/mol. The van der Waals surface area contributed by atoms with Gasteiger partial charge in [0.2, 0.25) is 0 Å². The SMILES string of the molecule is N#Cc1ccc(C(=O)NC2CCN(C3CCCCC3O)CC2)nc1. The van der Waals surface area contributed by atoms with Crippen molar-refractivity contribution >= 4 is 5.91 Å². The van der Waals surface area contributed by atoms with Gasteiger partial charge in [-0.3, -0.25) is 9.69 Å². The number of aliphatic hydroxyl groups excluding tert-OH is 1. The Bertz CT molecular complexity index is 602. The molecule has 1 aromatic rings. The second-order valence-corrected chi connectivity index (χ2v) is 6.75. The number of amides is 1. The molecule has 6 heteroatoms. The van der Waals surface area contributed by atoms with Crippen molar-refractivity contribution < 1.29 is 9.90 Å². The summed E-state index contributed by atoms with van der Waals surface area (Å²) in [5, 5.41) is 22.0. The Labute approximate surface area is 142 Å². The molecular weight excluding hydrogens is 304 g/mol. The molecule has 0 bridgehead atoms. The molecule has 2 N–H and O–H groups in total. The van der Waals surface area contributed by atoms with Crippen LogP contribution in [0.4, 0.5) is 0 Å². The molecule has 1 amide bonds. The maximum atomic E-state index is 12.2. The zero-order valence-corrected chi connectivity index (χ0v) is 13.8. The summed E-state index contributed by atoms with van der Waals surface area (Å²) in [5.41, 5.74) is 0.796. The topological polar surface area (TPSA) is 89.2 Å². The second-order valence-electron chi connectivity index (χ2n) is 6.75. The van der Waals surface area contributed by atoms with Gasteiger partial charge in [-0.25, -0.2) is 4.98 Å². The molecular formula is C18H24N4O2. The molecule has 24 heavy (non-hydrogen) atoms. The Morgan fingerprint density at radius 3 is 2.62 bits per heavy atom. The third-order valence-electron chi connectivity index (χ3n) is 5.15.